The van der Waals surface area contributed by atoms with E-state index in [2.05, 4.69) is 4.74 Å². The summed E-state index contributed by atoms with van der Waals surface area (Å²) in [6.45, 7) is 0. The van der Waals surface area contributed by atoms with Crippen molar-refractivity contribution in [2.45, 2.75) is 31.7 Å². The third kappa shape index (κ3) is 2.65. The standard InChI is InChI=1S/C13H16O4/c1-16-12(14)10-7-2-3-8-11(10)13(15)17-9-5-4-6-9/h2-3,7-9,13,15H,4-6H2,1H3. The summed E-state index contributed by atoms with van der Waals surface area (Å²) in [5, 5.41) is 9.95. The van der Waals surface area contributed by atoms with Crippen LogP contribution in [0.25, 0.3) is 0 Å². The minimum Gasteiger partial charge on any atom is -0.465 e. The van der Waals surface area contributed by atoms with Crippen LogP contribution in [-0.4, -0.2) is 24.3 Å². The lowest BCUT2D eigenvalue weighted by atomic mass is 9.96. The molecule has 0 aromatic heterocycles. The van der Waals surface area contributed by atoms with Crippen molar-refractivity contribution in [2.24, 2.45) is 0 Å². The normalized spacial score (nSPS) is 17.3. The zero-order valence-electron chi connectivity index (χ0n) is 9.76. The Labute approximate surface area is 100 Å². The highest BCUT2D eigenvalue weighted by Crippen LogP contribution is 2.29. The summed E-state index contributed by atoms with van der Waals surface area (Å²) in [5.41, 5.74) is 0.813. The number of hydrogen-bond acceptors (Lipinski definition) is 4. The molecule has 1 unspecified atom stereocenters. The summed E-state index contributed by atoms with van der Waals surface area (Å²) in [6.07, 6.45) is 2.12. The van der Waals surface area contributed by atoms with Gasteiger partial charge in [0.15, 0.2) is 6.29 Å². The minimum absolute atomic E-state index is 0.107. The molecule has 4 nitrogen and oxygen atoms in total. The molecule has 17 heavy (non-hydrogen) atoms. The summed E-state index contributed by atoms with van der Waals surface area (Å²) >= 11 is 0. The summed E-state index contributed by atoms with van der Waals surface area (Å²) in [5.74, 6) is -0.461. The number of methoxy groups -OCH3 is 1. The van der Waals surface area contributed by atoms with Gasteiger partial charge in [0.2, 0.25) is 0 Å². The molecule has 0 bridgehead atoms. The van der Waals surface area contributed by atoms with Crippen LogP contribution in [0.2, 0.25) is 0 Å². The second kappa shape index (κ2) is 5.29. The first-order valence-electron chi connectivity index (χ1n) is 5.73. The van der Waals surface area contributed by atoms with Crippen molar-refractivity contribution in [2.75, 3.05) is 7.11 Å². The monoisotopic (exact) mass is 236 g/mol. The molecule has 2 rings (SSSR count). The molecule has 0 radical (unpaired) electrons. The maximum Gasteiger partial charge on any atom is 0.338 e. The zero-order valence-corrected chi connectivity index (χ0v) is 9.76. The van der Waals surface area contributed by atoms with Gasteiger partial charge in [0.05, 0.1) is 18.8 Å². The quantitative estimate of drug-likeness (QED) is 0.642. The molecule has 1 saturated carbocycles. The Balaban J connectivity index is 2.15. The maximum absolute atomic E-state index is 11.5. The summed E-state index contributed by atoms with van der Waals surface area (Å²) in [7, 11) is 1.32. The number of ether oxygens (including phenoxy) is 2. The van der Waals surface area contributed by atoms with Gasteiger partial charge in [-0.15, -0.1) is 0 Å². The maximum atomic E-state index is 11.5. The third-order valence-corrected chi connectivity index (χ3v) is 3.01. The van der Waals surface area contributed by atoms with Gasteiger partial charge >= 0.3 is 5.97 Å². The first-order chi connectivity index (χ1) is 8.22. The van der Waals surface area contributed by atoms with E-state index >= 15 is 0 Å². The Morgan fingerprint density at radius 1 is 1.41 bits per heavy atom. The van der Waals surface area contributed by atoms with E-state index in [9.17, 15) is 9.90 Å². The number of hydrogen-bond donors (Lipinski definition) is 1. The predicted molar refractivity (Wildman–Crippen MR) is 61.5 cm³/mol. The average Bonchev–Trinajstić information content (AvgIpc) is 2.32. The van der Waals surface area contributed by atoms with Crippen LogP contribution in [0.4, 0.5) is 0 Å². The van der Waals surface area contributed by atoms with E-state index in [1.54, 1.807) is 24.3 Å². The fourth-order valence-corrected chi connectivity index (χ4v) is 1.77. The van der Waals surface area contributed by atoms with Crippen molar-refractivity contribution in [1.82, 2.24) is 0 Å². The van der Waals surface area contributed by atoms with Crippen LogP contribution in [0.5, 0.6) is 0 Å². The van der Waals surface area contributed by atoms with Crippen molar-refractivity contribution >= 4 is 5.97 Å². The van der Waals surface area contributed by atoms with Crippen LogP contribution in [0, 0.1) is 0 Å². The third-order valence-electron chi connectivity index (χ3n) is 3.01. The van der Waals surface area contributed by atoms with Gasteiger partial charge in [0.1, 0.15) is 0 Å². The van der Waals surface area contributed by atoms with Crippen LogP contribution in [0.3, 0.4) is 0 Å². The van der Waals surface area contributed by atoms with Gasteiger partial charge in [-0.05, 0) is 25.3 Å². The zero-order chi connectivity index (χ0) is 12.3. The van der Waals surface area contributed by atoms with Crippen molar-refractivity contribution < 1.29 is 19.4 Å². The number of carbonyl (C=O) groups is 1. The van der Waals surface area contributed by atoms with Gasteiger partial charge in [-0.1, -0.05) is 18.2 Å². The van der Waals surface area contributed by atoms with Crippen LogP contribution in [-0.2, 0) is 9.47 Å². The van der Waals surface area contributed by atoms with E-state index in [-0.39, 0.29) is 6.10 Å². The average molecular weight is 236 g/mol. The number of rotatable bonds is 4. The molecule has 1 aliphatic carbocycles. The molecule has 1 fully saturated rings. The number of aliphatic hydroxyl groups is 1. The summed E-state index contributed by atoms with van der Waals surface area (Å²) in [6, 6.07) is 6.78. The van der Waals surface area contributed by atoms with Crippen LogP contribution in [0.1, 0.15) is 41.5 Å². The lowest BCUT2D eigenvalue weighted by Gasteiger charge is -2.28. The number of carbonyl (C=O) groups excluding carboxylic acids is 1. The molecular formula is C13H16O4. The van der Waals surface area contributed by atoms with E-state index in [4.69, 9.17) is 4.74 Å². The lowest BCUT2D eigenvalue weighted by molar-refractivity contribution is -0.160. The van der Waals surface area contributed by atoms with Gasteiger partial charge in [-0.3, -0.25) is 0 Å². The first-order valence-corrected chi connectivity index (χ1v) is 5.73. The highest BCUT2D eigenvalue weighted by Gasteiger charge is 2.24. The first kappa shape index (κ1) is 12.1. The molecule has 1 atom stereocenters. The molecule has 4 heteroatoms. The Morgan fingerprint density at radius 3 is 2.71 bits per heavy atom. The molecule has 0 saturated heterocycles. The molecule has 0 aliphatic heterocycles. The molecule has 1 aromatic carbocycles. The molecule has 1 aromatic rings. The van der Waals surface area contributed by atoms with E-state index in [0.29, 0.717) is 11.1 Å². The van der Waals surface area contributed by atoms with E-state index in [1.807, 2.05) is 0 Å². The van der Waals surface area contributed by atoms with Gasteiger partial charge in [-0.2, -0.15) is 0 Å². The molecule has 1 N–H and O–H groups in total. The van der Waals surface area contributed by atoms with Crippen molar-refractivity contribution in [1.29, 1.82) is 0 Å². The fourth-order valence-electron chi connectivity index (χ4n) is 1.77. The van der Waals surface area contributed by atoms with Crippen LogP contribution >= 0.6 is 0 Å². The summed E-state index contributed by atoms with van der Waals surface area (Å²) in [4.78, 5) is 11.5. The highest BCUT2D eigenvalue weighted by molar-refractivity contribution is 5.91. The number of esters is 1. The Bertz CT molecular complexity index is 398. The summed E-state index contributed by atoms with van der Waals surface area (Å²) < 4.78 is 10.1. The minimum atomic E-state index is -1.06. The van der Waals surface area contributed by atoms with Gasteiger partial charge in [-0.25, -0.2) is 4.79 Å². The molecule has 0 heterocycles. The topological polar surface area (TPSA) is 55.8 Å². The number of benzene rings is 1. The van der Waals surface area contributed by atoms with Crippen molar-refractivity contribution in [3.63, 3.8) is 0 Å². The predicted octanol–water partition coefficient (Wildman–Crippen LogP) is 2.03. The SMILES string of the molecule is COC(=O)c1ccccc1C(O)OC1CCC1. The fraction of sp³-hybridized carbons (Fsp3) is 0.462. The van der Waals surface area contributed by atoms with Crippen molar-refractivity contribution in [3.8, 4) is 0 Å². The van der Waals surface area contributed by atoms with Gasteiger partial charge < -0.3 is 14.6 Å². The van der Waals surface area contributed by atoms with E-state index in [1.165, 1.54) is 7.11 Å². The Hall–Kier alpha value is -1.39. The second-order valence-corrected chi connectivity index (χ2v) is 4.12. The highest BCUT2D eigenvalue weighted by atomic mass is 16.6. The molecule has 1 aliphatic rings. The Kier molecular flexibility index (Phi) is 3.76. The van der Waals surface area contributed by atoms with Gasteiger partial charge in [0, 0.05) is 5.56 Å². The lowest BCUT2D eigenvalue weighted by Crippen LogP contribution is -2.24. The number of aliphatic hydroxyl groups excluding tert-OH is 1. The van der Waals surface area contributed by atoms with E-state index < -0.39 is 12.3 Å². The van der Waals surface area contributed by atoms with Gasteiger partial charge in [0.25, 0.3) is 0 Å². The van der Waals surface area contributed by atoms with Crippen LogP contribution < -0.4 is 0 Å². The van der Waals surface area contributed by atoms with Crippen molar-refractivity contribution in [3.05, 3.63) is 35.4 Å². The smallest absolute Gasteiger partial charge is 0.338 e. The van der Waals surface area contributed by atoms with Crippen LogP contribution in [0.15, 0.2) is 24.3 Å². The molecule has 0 spiro atoms. The van der Waals surface area contributed by atoms with E-state index in [0.717, 1.165) is 19.3 Å². The molecule has 92 valence electrons. The molecular weight excluding hydrogens is 220 g/mol. The second-order valence-electron chi connectivity index (χ2n) is 4.12. The molecule has 0 amide bonds. The Morgan fingerprint density at radius 2 is 2.12 bits per heavy atom. The largest absolute Gasteiger partial charge is 0.465 e.